The highest BCUT2D eigenvalue weighted by atomic mass is 16.5. The molecule has 0 unspecified atom stereocenters. The molecular formula is C12H21N3O. The van der Waals surface area contributed by atoms with E-state index in [1.165, 1.54) is 6.42 Å². The van der Waals surface area contributed by atoms with Crippen LogP contribution in [0, 0.1) is 0 Å². The molecule has 2 N–H and O–H groups in total. The lowest BCUT2D eigenvalue weighted by molar-refractivity contribution is 0.268. The van der Waals surface area contributed by atoms with Crippen LogP contribution in [0.15, 0.2) is 4.52 Å². The van der Waals surface area contributed by atoms with E-state index in [9.17, 15) is 0 Å². The van der Waals surface area contributed by atoms with Gasteiger partial charge >= 0.3 is 0 Å². The van der Waals surface area contributed by atoms with Crippen LogP contribution in [0.4, 0.5) is 0 Å². The molecule has 0 spiro atoms. The molecule has 0 aromatic carbocycles. The SMILES string of the molecule is CC(C)(C)c1nc(C2(N)CCCCC2)no1. The highest BCUT2D eigenvalue weighted by Gasteiger charge is 2.35. The summed E-state index contributed by atoms with van der Waals surface area (Å²) in [6, 6.07) is 0. The Kier molecular flexibility index (Phi) is 2.78. The van der Waals surface area contributed by atoms with Crippen LogP contribution in [0.2, 0.25) is 0 Å². The fraction of sp³-hybridized carbons (Fsp3) is 0.833. The second-order valence-corrected chi connectivity index (χ2v) is 5.89. The Balaban J connectivity index is 2.24. The first-order valence-corrected chi connectivity index (χ1v) is 6.05. The normalized spacial score (nSPS) is 21.0. The minimum absolute atomic E-state index is 0.101. The van der Waals surface area contributed by atoms with Gasteiger partial charge in [-0.2, -0.15) is 4.98 Å². The van der Waals surface area contributed by atoms with Crippen molar-refractivity contribution in [3.63, 3.8) is 0 Å². The van der Waals surface area contributed by atoms with E-state index in [0.717, 1.165) is 25.7 Å². The van der Waals surface area contributed by atoms with Gasteiger partial charge in [-0.25, -0.2) is 0 Å². The second-order valence-electron chi connectivity index (χ2n) is 5.89. The number of hydrogen-bond donors (Lipinski definition) is 1. The molecule has 0 saturated heterocycles. The quantitative estimate of drug-likeness (QED) is 0.794. The Morgan fingerprint density at radius 2 is 1.81 bits per heavy atom. The highest BCUT2D eigenvalue weighted by Crippen LogP contribution is 2.34. The molecule has 0 aliphatic heterocycles. The Hall–Kier alpha value is -0.900. The second kappa shape index (κ2) is 3.84. The molecule has 4 nitrogen and oxygen atoms in total. The summed E-state index contributed by atoms with van der Waals surface area (Å²) in [5.74, 6) is 1.37. The average molecular weight is 223 g/mol. The summed E-state index contributed by atoms with van der Waals surface area (Å²) in [6.45, 7) is 6.19. The lowest BCUT2D eigenvalue weighted by Gasteiger charge is -2.29. The standard InChI is InChI=1S/C12H21N3O/c1-11(2,3)10-14-9(15-16-10)12(13)7-5-4-6-8-12/h4-8,13H2,1-3H3. The Morgan fingerprint density at radius 1 is 1.19 bits per heavy atom. The van der Waals surface area contributed by atoms with Gasteiger partial charge in [-0.05, 0) is 12.8 Å². The van der Waals surface area contributed by atoms with Crippen LogP contribution in [0.5, 0.6) is 0 Å². The van der Waals surface area contributed by atoms with Crippen molar-refractivity contribution in [3.8, 4) is 0 Å². The maximum Gasteiger partial charge on any atom is 0.232 e. The molecule has 4 heteroatoms. The molecule has 1 aromatic heterocycles. The largest absolute Gasteiger partial charge is 0.339 e. The first-order valence-electron chi connectivity index (χ1n) is 6.05. The van der Waals surface area contributed by atoms with Gasteiger partial charge in [0.2, 0.25) is 5.89 Å². The molecule has 0 bridgehead atoms. The van der Waals surface area contributed by atoms with Gasteiger partial charge in [0.15, 0.2) is 5.82 Å². The highest BCUT2D eigenvalue weighted by molar-refractivity contribution is 5.08. The predicted molar refractivity (Wildman–Crippen MR) is 61.9 cm³/mol. The van der Waals surface area contributed by atoms with Crippen molar-refractivity contribution in [2.24, 2.45) is 5.73 Å². The van der Waals surface area contributed by atoms with Crippen molar-refractivity contribution in [1.82, 2.24) is 10.1 Å². The number of hydrogen-bond acceptors (Lipinski definition) is 4. The smallest absolute Gasteiger partial charge is 0.232 e. The van der Waals surface area contributed by atoms with Crippen LogP contribution in [-0.4, -0.2) is 10.1 Å². The third-order valence-corrected chi connectivity index (χ3v) is 3.26. The number of aromatic nitrogens is 2. The molecule has 1 aliphatic rings. The van der Waals surface area contributed by atoms with E-state index in [1.54, 1.807) is 0 Å². The molecule has 1 aliphatic carbocycles. The molecule has 0 radical (unpaired) electrons. The first kappa shape index (κ1) is 11.6. The fourth-order valence-corrected chi connectivity index (χ4v) is 2.14. The van der Waals surface area contributed by atoms with Crippen LogP contribution in [0.25, 0.3) is 0 Å². The van der Waals surface area contributed by atoms with Gasteiger partial charge in [-0.1, -0.05) is 45.2 Å². The summed E-state index contributed by atoms with van der Waals surface area (Å²) in [6.07, 6.45) is 5.53. The van der Waals surface area contributed by atoms with Crippen LogP contribution in [0.1, 0.15) is 64.6 Å². The molecule has 1 aromatic rings. The molecule has 90 valence electrons. The molecule has 1 heterocycles. The van der Waals surface area contributed by atoms with Gasteiger partial charge in [0, 0.05) is 5.41 Å². The summed E-state index contributed by atoms with van der Waals surface area (Å²) in [5, 5.41) is 4.07. The minimum Gasteiger partial charge on any atom is -0.339 e. The van der Waals surface area contributed by atoms with Crippen LogP contribution in [-0.2, 0) is 11.0 Å². The summed E-state index contributed by atoms with van der Waals surface area (Å²) < 4.78 is 5.31. The third-order valence-electron chi connectivity index (χ3n) is 3.26. The monoisotopic (exact) mass is 223 g/mol. The fourth-order valence-electron chi connectivity index (χ4n) is 2.14. The summed E-state index contributed by atoms with van der Waals surface area (Å²) in [4.78, 5) is 4.47. The molecule has 0 amide bonds. The summed E-state index contributed by atoms with van der Waals surface area (Å²) in [5.41, 5.74) is 5.90. The van der Waals surface area contributed by atoms with E-state index in [1.807, 2.05) is 0 Å². The van der Waals surface area contributed by atoms with Crippen molar-refractivity contribution in [2.75, 3.05) is 0 Å². The molecular weight excluding hydrogens is 202 g/mol. The zero-order valence-electron chi connectivity index (χ0n) is 10.4. The van der Waals surface area contributed by atoms with E-state index < -0.39 is 0 Å². The van der Waals surface area contributed by atoms with E-state index >= 15 is 0 Å². The van der Waals surface area contributed by atoms with Gasteiger partial charge in [0.05, 0.1) is 5.54 Å². The minimum atomic E-state index is -0.356. The number of nitrogens with two attached hydrogens (primary N) is 1. The van der Waals surface area contributed by atoms with E-state index in [0.29, 0.717) is 11.7 Å². The van der Waals surface area contributed by atoms with Gasteiger partial charge < -0.3 is 10.3 Å². The van der Waals surface area contributed by atoms with Crippen molar-refractivity contribution in [2.45, 2.75) is 63.8 Å². The Labute approximate surface area is 96.6 Å². The van der Waals surface area contributed by atoms with Gasteiger partial charge in [-0.3, -0.25) is 0 Å². The van der Waals surface area contributed by atoms with Gasteiger partial charge in [0.25, 0.3) is 0 Å². The average Bonchev–Trinajstić information content (AvgIpc) is 2.67. The number of nitrogens with zero attached hydrogens (tertiary/aromatic N) is 2. The molecule has 16 heavy (non-hydrogen) atoms. The van der Waals surface area contributed by atoms with Gasteiger partial charge in [-0.15, -0.1) is 0 Å². The van der Waals surface area contributed by atoms with E-state index in [4.69, 9.17) is 10.3 Å². The zero-order chi connectivity index (χ0) is 11.8. The lowest BCUT2D eigenvalue weighted by Crippen LogP contribution is -2.39. The first-order chi connectivity index (χ1) is 7.42. The van der Waals surface area contributed by atoms with E-state index in [2.05, 4.69) is 30.9 Å². The van der Waals surface area contributed by atoms with Crippen molar-refractivity contribution in [3.05, 3.63) is 11.7 Å². The van der Waals surface area contributed by atoms with Crippen molar-refractivity contribution in [1.29, 1.82) is 0 Å². The molecule has 2 rings (SSSR count). The predicted octanol–water partition coefficient (Wildman–Crippen LogP) is 2.49. The zero-order valence-corrected chi connectivity index (χ0v) is 10.4. The third kappa shape index (κ3) is 2.12. The Morgan fingerprint density at radius 3 is 2.31 bits per heavy atom. The molecule has 0 atom stereocenters. The van der Waals surface area contributed by atoms with E-state index in [-0.39, 0.29) is 11.0 Å². The topological polar surface area (TPSA) is 64.9 Å². The summed E-state index contributed by atoms with van der Waals surface area (Å²) in [7, 11) is 0. The van der Waals surface area contributed by atoms with Crippen LogP contribution < -0.4 is 5.73 Å². The van der Waals surface area contributed by atoms with Crippen molar-refractivity contribution < 1.29 is 4.52 Å². The van der Waals surface area contributed by atoms with Crippen LogP contribution in [0.3, 0.4) is 0 Å². The van der Waals surface area contributed by atoms with Crippen LogP contribution >= 0.6 is 0 Å². The van der Waals surface area contributed by atoms with Gasteiger partial charge in [0.1, 0.15) is 0 Å². The Bertz CT molecular complexity index is 359. The molecule has 1 fully saturated rings. The maximum absolute atomic E-state index is 6.35. The van der Waals surface area contributed by atoms with Crippen molar-refractivity contribution >= 4 is 0 Å². The molecule has 1 saturated carbocycles. The number of rotatable bonds is 1. The lowest BCUT2D eigenvalue weighted by atomic mass is 9.82. The maximum atomic E-state index is 6.35. The summed E-state index contributed by atoms with van der Waals surface area (Å²) >= 11 is 0.